The summed E-state index contributed by atoms with van der Waals surface area (Å²) in [6.45, 7) is 9.93. The summed E-state index contributed by atoms with van der Waals surface area (Å²) in [5, 5.41) is 5.19. The molecule has 0 bridgehead atoms. The molecule has 4 fully saturated rings. The van der Waals surface area contributed by atoms with Crippen LogP contribution in [0.2, 0.25) is 0 Å². The second-order valence-corrected chi connectivity index (χ2v) is 21.5. The molecule has 4 aliphatic rings. The van der Waals surface area contributed by atoms with E-state index < -0.39 is 59.6 Å². The molecule has 0 radical (unpaired) electrons. The molecule has 1 aliphatic carbocycles. The van der Waals surface area contributed by atoms with Crippen molar-refractivity contribution >= 4 is 57.4 Å². The van der Waals surface area contributed by atoms with Crippen LogP contribution in [0.3, 0.4) is 0 Å². The van der Waals surface area contributed by atoms with E-state index in [1.54, 1.807) is 26.8 Å². The van der Waals surface area contributed by atoms with E-state index >= 15 is 17.6 Å². The first kappa shape index (κ1) is 52.3. The first-order chi connectivity index (χ1) is 35.5. The summed E-state index contributed by atoms with van der Waals surface area (Å²) in [4.78, 5) is 74.2. The Hall–Kier alpha value is -6.60. The van der Waals surface area contributed by atoms with Gasteiger partial charge in [-0.05, 0) is 99.3 Å². The number of aromatic amines is 2. The molecule has 1 saturated carbocycles. The van der Waals surface area contributed by atoms with Gasteiger partial charge in [0.15, 0.2) is 11.6 Å². The molecule has 3 aliphatic heterocycles. The average molecular weight is 1030 g/mol. The minimum absolute atomic E-state index is 0.0346. The van der Waals surface area contributed by atoms with Gasteiger partial charge in [-0.1, -0.05) is 40.5 Å². The monoisotopic (exact) mass is 1030 g/mol. The average Bonchev–Trinajstić information content (AvgIpc) is 4.25. The summed E-state index contributed by atoms with van der Waals surface area (Å²) >= 11 is 0. The number of rotatable bonds is 14. The van der Waals surface area contributed by atoms with E-state index in [-0.39, 0.29) is 71.6 Å². The maximum atomic E-state index is 16.9. The lowest BCUT2D eigenvalue weighted by Crippen LogP contribution is -2.51. The number of piperidine rings is 1. The second kappa shape index (κ2) is 21.7. The van der Waals surface area contributed by atoms with E-state index in [1.807, 2.05) is 6.92 Å². The Morgan fingerprint density at radius 3 is 1.95 bits per heavy atom. The standard InChI is InChI=1S/C54H68F4N10O6/c1-7-18-66(47(69)28-59-52(71)73-5)29-46-60-39-24-33(35(55)26-41(39)61-46)43-14-15-44(68(43)32-22-37(57)49(38(58)23-32)65-20-16-31(17-21-65)54(2,3)4)34-25-40-42(27-36(34)56)63-50(62-40)45-13-10-19-67(45)51(70)48(64-53(72)74-6)30-11-8-9-12-30/h22-27,30-31,43-45,48H,7-21,28-29H2,1-6H3,(H,59,71)(H,60,61)(H,62,63)(H,64,72)/t43-,44-,45+,48?/m1/s1. The summed E-state index contributed by atoms with van der Waals surface area (Å²) in [6, 6.07) is 5.50. The Kier molecular flexibility index (Phi) is 15.3. The Balaban J connectivity index is 1.05. The van der Waals surface area contributed by atoms with Crippen LogP contribution in [0.15, 0.2) is 36.4 Å². The number of likely N-dealkylation sites (tertiary alicyclic amines) is 1. The number of imidazole rings is 2. The number of benzene rings is 3. The molecule has 2 aromatic heterocycles. The van der Waals surface area contributed by atoms with Crippen LogP contribution in [-0.2, 0) is 25.6 Å². The molecule has 20 heteroatoms. The molecule has 3 aromatic carbocycles. The lowest BCUT2D eigenvalue weighted by atomic mass is 9.75. The Morgan fingerprint density at radius 2 is 1.35 bits per heavy atom. The summed E-state index contributed by atoms with van der Waals surface area (Å²) in [5.74, 6) is -2.20. The number of carbonyl (C=O) groups excluding carboxylic acids is 4. The number of aromatic nitrogens is 4. The van der Waals surface area contributed by atoms with Gasteiger partial charge in [0.2, 0.25) is 11.8 Å². The topological polar surface area (TPSA) is 181 Å². The van der Waals surface area contributed by atoms with Crippen molar-refractivity contribution in [1.29, 1.82) is 0 Å². The fourth-order valence-electron chi connectivity index (χ4n) is 12.1. The molecule has 16 nitrogen and oxygen atoms in total. The van der Waals surface area contributed by atoms with Crippen molar-refractivity contribution in [2.45, 2.75) is 129 Å². The van der Waals surface area contributed by atoms with Crippen molar-refractivity contribution in [3.8, 4) is 0 Å². The summed E-state index contributed by atoms with van der Waals surface area (Å²) in [5.41, 5.74) is 1.99. The number of carbonyl (C=O) groups is 4. The van der Waals surface area contributed by atoms with Gasteiger partial charge in [0.1, 0.15) is 41.6 Å². The number of halogens is 4. The number of H-pyrrole nitrogens is 2. The van der Waals surface area contributed by atoms with Gasteiger partial charge in [0.25, 0.3) is 0 Å². The minimum Gasteiger partial charge on any atom is -0.453 e. The van der Waals surface area contributed by atoms with E-state index in [9.17, 15) is 19.2 Å². The van der Waals surface area contributed by atoms with Crippen molar-refractivity contribution in [2.24, 2.45) is 17.3 Å². The van der Waals surface area contributed by atoms with Crippen LogP contribution in [0.1, 0.15) is 139 Å². The Bertz CT molecular complexity index is 2870. The van der Waals surface area contributed by atoms with E-state index in [4.69, 9.17) is 9.72 Å². The highest BCUT2D eigenvalue weighted by molar-refractivity contribution is 5.87. The van der Waals surface area contributed by atoms with Crippen LogP contribution < -0.4 is 20.4 Å². The zero-order chi connectivity index (χ0) is 52.6. The normalized spacial score (nSPS) is 20.2. The molecule has 9 rings (SSSR count). The maximum Gasteiger partial charge on any atom is 0.407 e. The summed E-state index contributed by atoms with van der Waals surface area (Å²) in [7, 11) is 2.47. The van der Waals surface area contributed by atoms with Gasteiger partial charge in [-0.3, -0.25) is 9.59 Å². The zero-order valence-corrected chi connectivity index (χ0v) is 43.1. The van der Waals surface area contributed by atoms with Crippen molar-refractivity contribution < 1.29 is 46.2 Å². The van der Waals surface area contributed by atoms with Crippen LogP contribution in [-0.4, -0.2) is 107 Å². The predicted octanol–water partition coefficient (Wildman–Crippen LogP) is 10.0. The van der Waals surface area contributed by atoms with Crippen molar-refractivity contribution in [3.05, 3.63) is 82.4 Å². The van der Waals surface area contributed by atoms with Gasteiger partial charge in [0.05, 0.1) is 61.0 Å². The SMILES string of the molecule is CCCN(Cc1nc2cc(F)c([C@H]3CC[C@H](c4cc5[nH]c([C@@H]6CCCN6C(=O)C(NC(=O)OC)C6CCCC6)nc5cc4F)N3c3cc(F)c(N4CCC(C(C)(C)C)CC4)c(F)c3)cc2[nH]1)C(=O)CNC(=O)OC. The van der Waals surface area contributed by atoms with Crippen LogP contribution in [0.5, 0.6) is 0 Å². The third kappa shape index (κ3) is 10.7. The van der Waals surface area contributed by atoms with Crippen LogP contribution >= 0.6 is 0 Å². The van der Waals surface area contributed by atoms with E-state index in [2.05, 4.69) is 51.1 Å². The molecule has 0 spiro atoms. The number of nitrogens with zero attached hydrogens (tertiary/aromatic N) is 6. The zero-order valence-electron chi connectivity index (χ0n) is 43.1. The smallest absolute Gasteiger partial charge is 0.407 e. The number of methoxy groups -OCH3 is 2. The number of anilines is 2. The van der Waals surface area contributed by atoms with Gasteiger partial charge in [0, 0.05) is 55.1 Å². The summed E-state index contributed by atoms with van der Waals surface area (Å²) < 4.78 is 76.6. The van der Waals surface area contributed by atoms with Crippen LogP contribution in [0.4, 0.5) is 38.5 Å². The van der Waals surface area contributed by atoms with Gasteiger partial charge in [-0.2, -0.15) is 0 Å². The molecular weight excluding hydrogens is 961 g/mol. The quantitative estimate of drug-likeness (QED) is 0.0782. The van der Waals surface area contributed by atoms with Crippen molar-refractivity contribution in [1.82, 2.24) is 40.4 Å². The molecule has 3 saturated heterocycles. The minimum atomic E-state index is -0.831. The number of fused-ring (bicyclic) bond motifs is 2. The molecule has 4 amide bonds. The van der Waals surface area contributed by atoms with Crippen molar-refractivity contribution in [3.63, 3.8) is 0 Å². The molecule has 5 heterocycles. The van der Waals surface area contributed by atoms with Crippen LogP contribution in [0.25, 0.3) is 22.1 Å². The Labute approximate surface area is 428 Å². The fraction of sp³-hybridized carbons (Fsp3) is 0.556. The first-order valence-electron chi connectivity index (χ1n) is 26.1. The van der Waals surface area contributed by atoms with Gasteiger partial charge < -0.3 is 49.7 Å². The largest absolute Gasteiger partial charge is 0.453 e. The highest BCUT2D eigenvalue weighted by Crippen LogP contribution is 2.50. The number of amides is 4. The number of ether oxygens (including phenoxy) is 2. The molecule has 4 atom stereocenters. The molecule has 74 heavy (non-hydrogen) atoms. The maximum absolute atomic E-state index is 16.9. The third-order valence-corrected chi connectivity index (χ3v) is 15.9. The third-order valence-electron chi connectivity index (χ3n) is 15.9. The van der Waals surface area contributed by atoms with Gasteiger partial charge >= 0.3 is 12.2 Å². The molecular formula is C54H68F4N10O6. The fourth-order valence-corrected chi connectivity index (χ4v) is 12.1. The summed E-state index contributed by atoms with van der Waals surface area (Å²) in [6.07, 6.45) is 6.11. The lowest BCUT2D eigenvalue weighted by molar-refractivity contribution is -0.135. The Morgan fingerprint density at radius 1 is 0.743 bits per heavy atom. The molecule has 4 N–H and O–H groups in total. The number of hydrogen-bond donors (Lipinski definition) is 4. The second-order valence-electron chi connectivity index (χ2n) is 21.5. The number of alkyl carbamates (subject to hydrolysis) is 2. The highest BCUT2D eigenvalue weighted by atomic mass is 19.1. The van der Waals surface area contributed by atoms with Gasteiger partial charge in [-0.15, -0.1) is 0 Å². The number of hydrogen-bond acceptors (Lipinski definition) is 10. The first-order valence-corrected chi connectivity index (χ1v) is 26.1. The van der Waals surface area contributed by atoms with Gasteiger partial charge in [-0.25, -0.2) is 37.1 Å². The predicted molar refractivity (Wildman–Crippen MR) is 271 cm³/mol. The lowest BCUT2D eigenvalue weighted by Gasteiger charge is -2.40. The van der Waals surface area contributed by atoms with Crippen molar-refractivity contribution in [2.75, 3.05) is 56.7 Å². The highest BCUT2D eigenvalue weighted by Gasteiger charge is 2.43. The van der Waals surface area contributed by atoms with E-state index in [0.29, 0.717) is 85.1 Å². The number of nitrogens with one attached hydrogen (secondary N) is 4. The van der Waals surface area contributed by atoms with Crippen LogP contribution in [0, 0.1) is 40.5 Å². The molecule has 5 aromatic rings. The molecule has 398 valence electrons. The van der Waals surface area contributed by atoms with E-state index in [0.717, 1.165) is 38.5 Å². The molecule has 1 unspecified atom stereocenters. The van der Waals surface area contributed by atoms with E-state index in [1.165, 1.54) is 43.4 Å².